The number of aromatic hydroxyl groups is 1. The third-order valence-electron chi connectivity index (χ3n) is 2.49. The van der Waals surface area contributed by atoms with Gasteiger partial charge in [-0.05, 0) is 23.6 Å². The van der Waals surface area contributed by atoms with Crippen molar-refractivity contribution in [3.05, 3.63) is 41.5 Å². The molecule has 2 aromatic rings. The van der Waals surface area contributed by atoms with Crippen molar-refractivity contribution in [2.24, 2.45) is 11.5 Å². The van der Waals surface area contributed by atoms with Crippen LogP contribution in [0, 0.1) is 0 Å². The summed E-state index contributed by atoms with van der Waals surface area (Å²) in [4.78, 5) is 22.6. The number of carbonyl (C=O) groups excluding carboxylic acids is 2. The zero-order valence-corrected chi connectivity index (χ0v) is 8.81. The lowest BCUT2D eigenvalue weighted by Gasteiger charge is -2.08. The number of amides is 2. The molecule has 17 heavy (non-hydrogen) atoms. The van der Waals surface area contributed by atoms with E-state index in [0.29, 0.717) is 10.8 Å². The Morgan fingerprint density at radius 1 is 1.00 bits per heavy atom. The zero-order valence-electron chi connectivity index (χ0n) is 8.81. The fourth-order valence-electron chi connectivity index (χ4n) is 1.81. The Morgan fingerprint density at radius 3 is 2.24 bits per heavy atom. The first-order valence-corrected chi connectivity index (χ1v) is 4.86. The van der Waals surface area contributed by atoms with E-state index in [0.717, 1.165) is 0 Å². The monoisotopic (exact) mass is 230 g/mol. The van der Waals surface area contributed by atoms with Crippen LogP contribution < -0.4 is 11.5 Å². The van der Waals surface area contributed by atoms with Crippen LogP contribution in [0.25, 0.3) is 10.8 Å². The number of benzene rings is 2. The number of carbonyl (C=O) groups is 2. The van der Waals surface area contributed by atoms with Gasteiger partial charge in [-0.3, -0.25) is 9.59 Å². The standard InChI is InChI=1S/C12H10N2O3/c13-11(16)8-3-1-2-6-4-7(15)5-9(10(6)8)12(14)17/h1-5,15H,(H2,13,16)(H2,14,17). The summed E-state index contributed by atoms with van der Waals surface area (Å²) in [5.41, 5.74) is 10.7. The highest BCUT2D eigenvalue weighted by Crippen LogP contribution is 2.27. The Kier molecular flexibility index (Phi) is 2.44. The quantitative estimate of drug-likeness (QED) is 0.708. The van der Waals surface area contributed by atoms with Crippen LogP contribution in [0.4, 0.5) is 0 Å². The molecule has 0 spiro atoms. The molecule has 86 valence electrons. The van der Waals surface area contributed by atoms with Gasteiger partial charge in [0.05, 0.1) is 5.56 Å². The molecule has 0 fully saturated rings. The summed E-state index contributed by atoms with van der Waals surface area (Å²) in [7, 11) is 0. The van der Waals surface area contributed by atoms with Gasteiger partial charge in [-0.25, -0.2) is 0 Å². The summed E-state index contributed by atoms with van der Waals surface area (Å²) in [5.74, 6) is -1.46. The first-order valence-electron chi connectivity index (χ1n) is 4.86. The van der Waals surface area contributed by atoms with Crippen LogP contribution in [0.15, 0.2) is 30.3 Å². The molecule has 5 N–H and O–H groups in total. The predicted molar refractivity (Wildman–Crippen MR) is 62.6 cm³/mol. The summed E-state index contributed by atoms with van der Waals surface area (Å²) in [5, 5.41) is 10.4. The van der Waals surface area contributed by atoms with Crippen LogP contribution in [0.1, 0.15) is 20.7 Å². The second-order valence-electron chi connectivity index (χ2n) is 3.63. The van der Waals surface area contributed by atoms with E-state index in [-0.39, 0.29) is 16.9 Å². The number of phenols is 1. The SMILES string of the molecule is NC(=O)c1cccc2cc(O)cc(C(N)=O)c12. The van der Waals surface area contributed by atoms with E-state index in [4.69, 9.17) is 11.5 Å². The van der Waals surface area contributed by atoms with Gasteiger partial charge in [0.25, 0.3) is 0 Å². The maximum absolute atomic E-state index is 11.3. The van der Waals surface area contributed by atoms with E-state index in [1.165, 1.54) is 18.2 Å². The molecule has 2 aromatic carbocycles. The number of fused-ring (bicyclic) bond motifs is 1. The van der Waals surface area contributed by atoms with E-state index in [1.54, 1.807) is 12.1 Å². The second-order valence-corrected chi connectivity index (χ2v) is 3.63. The largest absolute Gasteiger partial charge is 0.508 e. The lowest BCUT2D eigenvalue weighted by molar-refractivity contribution is 0.0998. The van der Waals surface area contributed by atoms with E-state index in [9.17, 15) is 14.7 Å². The highest BCUT2D eigenvalue weighted by Gasteiger charge is 2.14. The van der Waals surface area contributed by atoms with Crippen LogP contribution in [-0.2, 0) is 0 Å². The molecule has 0 atom stereocenters. The van der Waals surface area contributed by atoms with Gasteiger partial charge < -0.3 is 16.6 Å². The second kappa shape index (κ2) is 3.79. The van der Waals surface area contributed by atoms with E-state index in [1.807, 2.05) is 0 Å². The normalized spacial score (nSPS) is 10.4. The third kappa shape index (κ3) is 1.78. The zero-order chi connectivity index (χ0) is 12.6. The number of hydrogen-bond donors (Lipinski definition) is 3. The van der Waals surface area contributed by atoms with Crippen molar-refractivity contribution in [2.45, 2.75) is 0 Å². The molecule has 5 nitrogen and oxygen atoms in total. The molecular weight excluding hydrogens is 220 g/mol. The van der Waals surface area contributed by atoms with Gasteiger partial charge in [0.15, 0.2) is 0 Å². The molecule has 0 saturated carbocycles. The first kappa shape index (κ1) is 10.9. The molecule has 0 aromatic heterocycles. The lowest BCUT2D eigenvalue weighted by atomic mass is 9.98. The van der Waals surface area contributed by atoms with Crippen molar-refractivity contribution in [1.29, 1.82) is 0 Å². The first-order chi connectivity index (χ1) is 8.00. The van der Waals surface area contributed by atoms with Crippen molar-refractivity contribution in [3.8, 4) is 5.75 Å². The molecule has 0 aliphatic carbocycles. The number of rotatable bonds is 2. The van der Waals surface area contributed by atoms with Crippen LogP contribution in [0.2, 0.25) is 0 Å². The summed E-state index contributed by atoms with van der Waals surface area (Å²) in [6.07, 6.45) is 0. The van der Waals surface area contributed by atoms with Crippen LogP contribution in [0.3, 0.4) is 0 Å². The van der Waals surface area contributed by atoms with Gasteiger partial charge in [0, 0.05) is 10.9 Å². The smallest absolute Gasteiger partial charge is 0.249 e. The fourth-order valence-corrected chi connectivity index (χ4v) is 1.81. The molecule has 0 radical (unpaired) electrons. The Morgan fingerprint density at radius 2 is 1.65 bits per heavy atom. The Labute approximate surface area is 96.6 Å². The Balaban J connectivity index is 2.96. The average Bonchev–Trinajstić information content (AvgIpc) is 2.26. The number of phenolic OH excluding ortho intramolecular Hbond substituents is 1. The van der Waals surface area contributed by atoms with Gasteiger partial charge in [-0.2, -0.15) is 0 Å². The molecule has 0 unspecified atom stereocenters. The van der Waals surface area contributed by atoms with Crippen LogP contribution in [0.5, 0.6) is 5.75 Å². The number of hydrogen-bond acceptors (Lipinski definition) is 3. The number of nitrogens with two attached hydrogens (primary N) is 2. The molecule has 2 amide bonds. The van der Waals surface area contributed by atoms with Gasteiger partial charge in [0.1, 0.15) is 5.75 Å². The summed E-state index contributed by atoms with van der Waals surface area (Å²) in [6.45, 7) is 0. The molecule has 0 bridgehead atoms. The number of primary amides is 2. The van der Waals surface area contributed by atoms with Crippen molar-refractivity contribution in [2.75, 3.05) is 0 Å². The highest BCUT2D eigenvalue weighted by atomic mass is 16.3. The minimum Gasteiger partial charge on any atom is -0.508 e. The van der Waals surface area contributed by atoms with Gasteiger partial charge in [-0.1, -0.05) is 12.1 Å². The van der Waals surface area contributed by atoms with Crippen LogP contribution in [-0.4, -0.2) is 16.9 Å². The molecule has 0 heterocycles. The maximum atomic E-state index is 11.3. The van der Waals surface area contributed by atoms with Crippen LogP contribution >= 0.6 is 0 Å². The fraction of sp³-hybridized carbons (Fsp3) is 0. The van der Waals surface area contributed by atoms with Gasteiger partial charge in [0.2, 0.25) is 11.8 Å². The topological polar surface area (TPSA) is 106 Å². The predicted octanol–water partition coefficient (Wildman–Crippen LogP) is 0.743. The van der Waals surface area contributed by atoms with Crippen molar-refractivity contribution in [1.82, 2.24) is 0 Å². The molecule has 0 saturated heterocycles. The third-order valence-corrected chi connectivity index (χ3v) is 2.49. The Bertz CT molecular complexity index is 635. The van der Waals surface area contributed by atoms with Crippen molar-refractivity contribution >= 4 is 22.6 Å². The summed E-state index contributed by atoms with van der Waals surface area (Å²) < 4.78 is 0. The van der Waals surface area contributed by atoms with E-state index in [2.05, 4.69) is 0 Å². The minimum absolute atomic E-state index is 0.0781. The highest BCUT2D eigenvalue weighted by molar-refractivity contribution is 6.15. The minimum atomic E-state index is -0.723. The molecule has 0 aliphatic rings. The van der Waals surface area contributed by atoms with E-state index >= 15 is 0 Å². The van der Waals surface area contributed by atoms with Gasteiger partial charge >= 0.3 is 0 Å². The van der Waals surface area contributed by atoms with Crippen molar-refractivity contribution in [3.63, 3.8) is 0 Å². The lowest BCUT2D eigenvalue weighted by Crippen LogP contribution is -2.16. The molecule has 5 heteroatoms. The Hall–Kier alpha value is -2.56. The van der Waals surface area contributed by atoms with Gasteiger partial charge in [-0.15, -0.1) is 0 Å². The maximum Gasteiger partial charge on any atom is 0.249 e. The average molecular weight is 230 g/mol. The molecule has 0 aliphatic heterocycles. The summed E-state index contributed by atoms with van der Waals surface area (Å²) >= 11 is 0. The molecule has 2 rings (SSSR count). The van der Waals surface area contributed by atoms with Crippen molar-refractivity contribution < 1.29 is 14.7 Å². The summed E-state index contributed by atoms with van der Waals surface area (Å²) in [6, 6.07) is 7.44. The molecular formula is C12H10N2O3. The van der Waals surface area contributed by atoms with E-state index < -0.39 is 11.8 Å².